The SMILES string of the molecule is Cc1cccc(CN2CCN(CC#CCN)CC2)c1. The van der Waals surface area contributed by atoms with Gasteiger partial charge in [-0.15, -0.1) is 0 Å². The molecule has 1 aromatic carbocycles. The van der Waals surface area contributed by atoms with Crippen molar-refractivity contribution in [3.63, 3.8) is 0 Å². The Labute approximate surface area is 116 Å². The number of nitrogens with zero attached hydrogens (tertiary/aromatic N) is 2. The summed E-state index contributed by atoms with van der Waals surface area (Å²) in [6, 6.07) is 8.78. The maximum Gasteiger partial charge on any atom is 0.0602 e. The Morgan fingerprint density at radius 2 is 1.84 bits per heavy atom. The van der Waals surface area contributed by atoms with E-state index in [1.807, 2.05) is 0 Å². The highest BCUT2D eigenvalue weighted by Gasteiger charge is 2.15. The van der Waals surface area contributed by atoms with Crippen LogP contribution in [0.2, 0.25) is 0 Å². The van der Waals surface area contributed by atoms with Crippen LogP contribution in [0.1, 0.15) is 11.1 Å². The first kappa shape index (κ1) is 14.1. The van der Waals surface area contributed by atoms with Crippen LogP contribution in [0.5, 0.6) is 0 Å². The largest absolute Gasteiger partial charge is 0.320 e. The highest BCUT2D eigenvalue weighted by atomic mass is 15.3. The molecule has 2 rings (SSSR count). The molecule has 1 aliphatic heterocycles. The Morgan fingerprint density at radius 1 is 1.11 bits per heavy atom. The van der Waals surface area contributed by atoms with Gasteiger partial charge in [-0.05, 0) is 12.5 Å². The van der Waals surface area contributed by atoms with Gasteiger partial charge in [0.2, 0.25) is 0 Å². The van der Waals surface area contributed by atoms with E-state index in [2.05, 4.69) is 52.8 Å². The average Bonchev–Trinajstić information content (AvgIpc) is 2.41. The van der Waals surface area contributed by atoms with E-state index in [0.717, 1.165) is 39.3 Å². The maximum absolute atomic E-state index is 5.36. The summed E-state index contributed by atoms with van der Waals surface area (Å²) < 4.78 is 0. The van der Waals surface area contributed by atoms with Gasteiger partial charge in [0.1, 0.15) is 0 Å². The molecule has 0 saturated carbocycles. The molecule has 3 nitrogen and oxygen atoms in total. The summed E-state index contributed by atoms with van der Waals surface area (Å²) in [4.78, 5) is 4.91. The van der Waals surface area contributed by atoms with Gasteiger partial charge < -0.3 is 5.73 Å². The average molecular weight is 257 g/mol. The number of piperazine rings is 1. The normalized spacial score (nSPS) is 16.9. The second kappa shape index (κ2) is 7.30. The molecule has 102 valence electrons. The standard InChI is InChI=1S/C16H23N3/c1-15-5-4-6-16(13-15)14-19-11-9-18(10-12-19)8-3-2-7-17/h4-6,13H,7-12,14,17H2,1H3. The van der Waals surface area contributed by atoms with Crippen molar-refractivity contribution in [2.75, 3.05) is 39.3 Å². The van der Waals surface area contributed by atoms with Crippen LogP contribution in [0.25, 0.3) is 0 Å². The number of aryl methyl sites for hydroxylation is 1. The smallest absolute Gasteiger partial charge is 0.0602 e. The van der Waals surface area contributed by atoms with Gasteiger partial charge in [-0.3, -0.25) is 9.80 Å². The van der Waals surface area contributed by atoms with E-state index < -0.39 is 0 Å². The first-order valence-electron chi connectivity index (χ1n) is 6.94. The topological polar surface area (TPSA) is 32.5 Å². The Balaban J connectivity index is 1.77. The highest BCUT2D eigenvalue weighted by molar-refractivity contribution is 5.22. The number of nitrogens with two attached hydrogens (primary N) is 1. The fourth-order valence-electron chi connectivity index (χ4n) is 2.41. The van der Waals surface area contributed by atoms with Crippen LogP contribution in [0.3, 0.4) is 0 Å². The fraction of sp³-hybridized carbons (Fsp3) is 0.500. The molecule has 1 heterocycles. The van der Waals surface area contributed by atoms with Gasteiger partial charge in [0.15, 0.2) is 0 Å². The minimum absolute atomic E-state index is 0.466. The molecule has 2 N–H and O–H groups in total. The van der Waals surface area contributed by atoms with E-state index >= 15 is 0 Å². The molecule has 1 aromatic rings. The molecule has 1 fully saturated rings. The highest BCUT2D eigenvalue weighted by Crippen LogP contribution is 2.10. The van der Waals surface area contributed by atoms with Gasteiger partial charge in [-0.1, -0.05) is 41.7 Å². The Morgan fingerprint density at radius 3 is 2.53 bits per heavy atom. The summed E-state index contributed by atoms with van der Waals surface area (Å²) in [5.41, 5.74) is 8.12. The van der Waals surface area contributed by atoms with Crippen LogP contribution in [0.4, 0.5) is 0 Å². The van der Waals surface area contributed by atoms with E-state index in [1.165, 1.54) is 11.1 Å². The van der Waals surface area contributed by atoms with Gasteiger partial charge >= 0.3 is 0 Å². The van der Waals surface area contributed by atoms with Crippen molar-refractivity contribution in [2.45, 2.75) is 13.5 Å². The third-order valence-corrected chi connectivity index (χ3v) is 3.48. The van der Waals surface area contributed by atoms with E-state index in [9.17, 15) is 0 Å². The Kier molecular flexibility index (Phi) is 5.41. The van der Waals surface area contributed by atoms with Crippen LogP contribution in [-0.4, -0.2) is 49.1 Å². The molecule has 0 bridgehead atoms. The predicted octanol–water partition coefficient (Wildman–Crippen LogP) is 1.07. The third kappa shape index (κ3) is 4.68. The lowest BCUT2D eigenvalue weighted by Gasteiger charge is -2.33. The van der Waals surface area contributed by atoms with Crippen molar-refractivity contribution < 1.29 is 0 Å². The monoisotopic (exact) mass is 257 g/mol. The predicted molar refractivity (Wildman–Crippen MR) is 79.7 cm³/mol. The summed E-state index contributed by atoms with van der Waals surface area (Å²) in [7, 11) is 0. The van der Waals surface area contributed by atoms with Crippen molar-refractivity contribution in [1.29, 1.82) is 0 Å². The lowest BCUT2D eigenvalue weighted by Crippen LogP contribution is -2.45. The van der Waals surface area contributed by atoms with Crippen LogP contribution >= 0.6 is 0 Å². The zero-order valence-corrected chi connectivity index (χ0v) is 11.7. The van der Waals surface area contributed by atoms with Gasteiger partial charge in [-0.25, -0.2) is 0 Å². The maximum atomic E-state index is 5.36. The summed E-state index contributed by atoms with van der Waals surface area (Å²) in [6.07, 6.45) is 0. The van der Waals surface area contributed by atoms with Crippen molar-refractivity contribution in [2.24, 2.45) is 5.73 Å². The zero-order chi connectivity index (χ0) is 13.5. The number of benzene rings is 1. The van der Waals surface area contributed by atoms with E-state index in [0.29, 0.717) is 6.54 Å². The summed E-state index contributed by atoms with van der Waals surface area (Å²) >= 11 is 0. The van der Waals surface area contributed by atoms with Gasteiger partial charge in [0.05, 0.1) is 13.1 Å². The third-order valence-electron chi connectivity index (χ3n) is 3.48. The van der Waals surface area contributed by atoms with Gasteiger partial charge in [0, 0.05) is 32.7 Å². The van der Waals surface area contributed by atoms with Crippen molar-refractivity contribution in [3.8, 4) is 11.8 Å². The molecule has 3 heteroatoms. The van der Waals surface area contributed by atoms with Crippen LogP contribution in [0.15, 0.2) is 24.3 Å². The lowest BCUT2D eigenvalue weighted by molar-refractivity contribution is 0.138. The van der Waals surface area contributed by atoms with Crippen molar-refractivity contribution in [3.05, 3.63) is 35.4 Å². The summed E-state index contributed by atoms with van der Waals surface area (Å²) in [5.74, 6) is 6.03. The molecule has 1 saturated heterocycles. The minimum Gasteiger partial charge on any atom is -0.320 e. The second-order valence-corrected chi connectivity index (χ2v) is 5.10. The summed E-state index contributed by atoms with van der Waals surface area (Å²) in [6.45, 7) is 8.98. The molecule has 0 amide bonds. The Hall–Kier alpha value is -1.34. The van der Waals surface area contributed by atoms with Gasteiger partial charge in [-0.2, -0.15) is 0 Å². The van der Waals surface area contributed by atoms with E-state index in [1.54, 1.807) is 0 Å². The molecule has 0 atom stereocenters. The number of hydrogen-bond donors (Lipinski definition) is 1. The minimum atomic E-state index is 0.466. The van der Waals surface area contributed by atoms with Crippen LogP contribution in [0, 0.1) is 18.8 Å². The van der Waals surface area contributed by atoms with Crippen molar-refractivity contribution in [1.82, 2.24) is 9.80 Å². The first-order chi connectivity index (χ1) is 9.28. The molecule has 0 spiro atoms. The number of rotatable bonds is 3. The van der Waals surface area contributed by atoms with Crippen LogP contribution < -0.4 is 5.73 Å². The zero-order valence-electron chi connectivity index (χ0n) is 11.7. The molecule has 1 aliphatic rings. The molecule has 0 radical (unpaired) electrons. The molecule has 0 unspecified atom stereocenters. The van der Waals surface area contributed by atoms with E-state index in [4.69, 9.17) is 5.73 Å². The first-order valence-corrected chi connectivity index (χ1v) is 6.94. The lowest BCUT2D eigenvalue weighted by atomic mass is 10.1. The number of hydrogen-bond acceptors (Lipinski definition) is 3. The molecular weight excluding hydrogens is 234 g/mol. The quantitative estimate of drug-likeness (QED) is 0.822. The van der Waals surface area contributed by atoms with E-state index in [-0.39, 0.29) is 0 Å². The Bertz CT molecular complexity index is 451. The molecular formula is C16H23N3. The molecule has 19 heavy (non-hydrogen) atoms. The second-order valence-electron chi connectivity index (χ2n) is 5.10. The molecule has 0 aliphatic carbocycles. The van der Waals surface area contributed by atoms with Gasteiger partial charge in [0.25, 0.3) is 0 Å². The molecule has 0 aromatic heterocycles. The fourth-order valence-corrected chi connectivity index (χ4v) is 2.41. The summed E-state index contributed by atoms with van der Waals surface area (Å²) in [5, 5.41) is 0. The van der Waals surface area contributed by atoms with Crippen molar-refractivity contribution >= 4 is 0 Å². The van der Waals surface area contributed by atoms with Crippen LogP contribution in [-0.2, 0) is 6.54 Å².